The van der Waals surface area contributed by atoms with E-state index in [9.17, 15) is 17.6 Å². The van der Waals surface area contributed by atoms with Crippen molar-refractivity contribution >= 4 is 32.2 Å². The molecule has 1 heterocycles. The summed E-state index contributed by atoms with van der Waals surface area (Å²) >= 11 is 1.17. The minimum Gasteiger partial charge on any atom is -0.301 e. The number of rotatable bonds is 6. The molecule has 0 aliphatic heterocycles. The average molecular weight is 354 g/mol. The first-order valence-electron chi connectivity index (χ1n) is 6.68. The Morgan fingerprint density at radius 3 is 2.70 bits per heavy atom. The Balaban J connectivity index is 2.11. The maximum atomic E-state index is 12.9. The van der Waals surface area contributed by atoms with Gasteiger partial charge in [-0.3, -0.25) is 4.79 Å². The Morgan fingerprint density at radius 1 is 1.43 bits per heavy atom. The fourth-order valence-corrected chi connectivity index (χ4v) is 3.49. The molecule has 0 aliphatic carbocycles. The SMILES string of the molecule is C=CCS(=O)(=O)C(C)C(=O)Nc1nc(-c2ccc(F)cc2)cs1. The van der Waals surface area contributed by atoms with Crippen LogP contribution in [0.15, 0.2) is 42.3 Å². The summed E-state index contributed by atoms with van der Waals surface area (Å²) < 4.78 is 36.6. The van der Waals surface area contributed by atoms with Crippen molar-refractivity contribution in [1.29, 1.82) is 0 Å². The van der Waals surface area contributed by atoms with Crippen molar-refractivity contribution in [2.75, 3.05) is 11.1 Å². The van der Waals surface area contributed by atoms with Crippen molar-refractivity contribution < 1.29 is 17.6 Å². The number of thiazole rings is 1. The fraction of sp³-hybridized carbons (Fsp3) is 0.200. The number of hydrogen-bond donors (Lipinski definition) is 1. The van der Waals surface area contributed by atoms with Crippen molar-refractivity contribution in [2.45, 2.75) is 12.2 Å². The van der Waals surface area contributed by atoms with Gasteiger partial charge in [0.25, 0.3) is 0 Å². The highest BCUT2D eigenvalue weighted by atomic mass is 32.2. The Bertz CT molecular complexity index is 814. The standard InChI is InChI=1S/C15H15FN2O3S2/c1-3-8-23(20,21)10(2)14(19)18-15-17-13(9-22-15)11-4-6-12(16)7-5-11/h3-7,9-10H,1,8H2,2H3,(H,17,18,19). The number of anilines is 1. The summed E-state index contributed by atoms with van der Waals surface area (Å²) in [6.07, 6.45) is 1.25. The van der Waals surface area contributed by atoms with E-state index in [2.05, 4.69) is 16.9 Å². The number of nitrogens with zero attached hydrogens (tertiary/aromatic N) is 1. The van der Waals surface area contributed by atoms with Crippen molar-refractivity contribution in [3.63, 3.8) is 0 Å². The second-order valence-electron chi connectivity index (χ2n) is 4.79. The first-order valence-corrected chi connectivity index (χ1v) is 9.28. The normalized spacial score (nSPS) is 12.6. The van der Waals surface area contributed by atoms with Gasteiger partial charge in [0.2, 0.25) is 5.91 Å². The lowest BCUT2D eigenvalue weighted by Gasteiger charge is -2.10. The van der Waals surface area contributed by atoms with Gasteiger partial charge in [0, 0.05) is 10.9 Å². The van der Waals surface area contributed by atoms with Gasteiger partial charge in [-0.1, -0.05) is 6.08 Å². The third-order valence-corrected chi connectivity index (χ3v) is 5.88. The third kappa shape index (κ3) is 4.23. The van der Waals surface area contributed by atoms with E-state index in [-0.39, 0.29) is 16.7 Å². The Hall–Kier alpha value is -2.06. The smallest absolute Gasteiger partial charge is 0.244 e. The van der Waals surface area contributed by atoms with Crippen LogP contribution >= 0.6 is 11.3 Å². The number of sulfone groups is 1. The van der Waals surface area contributed by atoms with E-state index in [0.717, 1.165) is 0 Å². The first-order chi connectivity index (χ1) is 10.8. The van der Waals surface area contributed by atoms with E-state index in [1.165, 1.54) is 36.5 Å². The van der Waals surface area contributed by atoms with E-state index in [4.69, 9.17) is 0 Å². The molecule has 1 unspecified atom stereocenters. The van der Waals surface area contributed by atoms with Crippen LogP contribution < -0.4 is 5.32 Å². The molecule has 5 nitrogen and oxygen atoms in total. The summed E-state index contributed by atoms with van der Waals surface area (Å²) in [5.74, 6) is -1.26. The molecule has 0 aliphatic rings. The predicted molar refractivity (Wildman–Crippen MR) is 89.6 cm³/mol. The van der Waals surface area contributed by atoms with E-state index in [0.29, 0.717) is 11.3 Å². The molecule has 1 amide bonds. The quantitative estimate of drug-likeness (QED) is 0.809. The highest BCUT2D eigenvalue weighted by molar-refractivity contribution is 7.92. The van der Waals surface area contributed by atoms with E-state index < -0.39 is 21.0 Å². The predicted octanol–water partition coefficient (Wildman–Crippen LogP) is 2.88. The van der Waals surface area contributed by atoms with Crippen LogP contribution in [-0.2, 0) is 14.6 Å². The van der Waals surface area contributed by atoms with Crippen LogP contribution in [0.3, 0.4) is 0 Å². The largest absolute Gasteiger partial charge is 0.301 e. The highest BCUT2D eigenvalue weighted by Gasteiger charge is 2.27. The molecule has 122 valence electrons. The van der Waals surface area contributed by atoms with Crippen LogP contribution in [0.4, 0.5) is 9.52 Å². The molecule has 8 heteroatoms. The highest BCUT2D eigenvalue weighted by Crippen LogP contribution is 2.25. The van der Waals surface area contributed by atoms with Gasteiger partial charge < -0.3 is 5.32 Å². The number of hydrogen-bond acceptors (Lipinski definition) is 5. The van der Waals surface area contributed by atoms with Crippen LogP contribution in [-0.4, -0.2) is 30.3 Å². The van der Waals surface area contributed by atoms with Crippen molar-refractivity contribution in [2.24, 2.45) is 0 Å². The molecule has 0 spiro atoms. The molecule has 23 heavy (non-hydrogen) atoms. The summed E-state index contributed by atoms with van der Waals surface area (Å²) in [4.78, 5) is 16.2. The topological polar surface area (TPSA) is 76.1 Å². The van der Waals surface area contributed by atoms with Crippen LogP contribution in [0.25, 0.3) is 11.3 Å². The zero-order chi connectivity index (χ0) is 17.0. The average Bonchev–Trinajstić information content (AvgIpc) is 2.95. The molecule has 1 atom stereocenters. The zero-order valence-corrected chi connectivity index (χ0v) is 14.0. The number of nitrogens with one attached hydrogen (secondary N) is 1. The van der Waals surface area contributed by atoms with Gasteiger partial charge >= 0.3 is 0 Å². The van der Waals surface area contributed by atoms with Crippen LogP contribution in [0.2, 0.25) is 0 Å². The summed E-state index contributed by atoms with van der Waals surface area (Å²) in [6, 6.07) is 5.79. The van der Waals surface area contributed by atoms with Crippen molar-refractivity contribution in [3.05, 3.63) is 48.1 Å². The summed E-state index contributed by atoms with van der Waals surface area (Å²) in [6.45, 7) is 4.69. The lowest BCUT2D eigenvalue weighted by atomic mass is 10.2. The molecule has 2 rings (SSSR count). The van der Waals surface area contributed by atoms with Gasteiger partial charge in [-0.05, 0) is 31.2 Å². The van der Waals surface area contributed by atoms with E-state index in [1.807, 2.05) is 0 Å². The molecule has 0 saturated heterocycles. The van der Waals surface area contributed by atoms with E-state index >= 15 is 0 Å². The number of aromatic nitrogens is 1. The number of benzene rings is 1. The minimum absolute atomic E-state index is 0.264. The van der Waals surface area contributed by atoms with Crippen LogP contribution in [0.1, 0.15) is 6.92 Å². The van der Waals surface area contributed by atoms with Gasteiger partial charge in [-0.15, -0.1) is 17.9 Å². The summed E-state index contributed by atoms with van der Waals surface area (Å²) in [5, 5.41) is 3.28. The number of carbonyl (C=O) groups is 1. The fourth-order valence-electron chi connectivity index (χ4n) is 1.76. The summed E-state index contributed by atoms with van der Waals surface area (Å²) in [7, 11) is -3.57. The summed E-state index contributed by atoms with van der Waals surface area (Å²) in [5.41, 5.74) is 1.28. The Kier molecular flexibility index (Phi) is 5.27. The molecule has 2 aromatic rings. The minimum atomic E-state index is -3.57. The van der Waals surface area contributed by atoms with Crippen LogP contribution in [0.5, 0.6) is 0 Å². The van der Waals surface area contributed by atoms with Crippen LogP contribution in [0, 0.1) is 5.82 Å². The van der Waals surface area contributed by atoms with Crippen molar-refractivity contribution in [3.8, 4) is 11.3 Å². The first kappa shape index (κ1) is 17.3. The molecule has 0 fully saturated rings. The third-order valence-electron chi connectivity index (χ3n) is 3.13. The molecule has 1 N–H and O–H groups in total. The second-order valence-corrected chi connectivity index (χ2v) is 8.02. The maximum Gasteiger partial charge on any atom is 0.244 e. The Labute approximate surface area is 137 Å². The molecular formula is C15H15FN2O3S2. The molecule has 1 aromatic carbocycles. The molecule has 0 radical (unpaired) electrons. The van der Waals surface area contributed by atoms with E-state index in [1.54, 1.807) is 17.5 Å². The number of amides is 1. The van der Waals surface area contributed by atoms with Gasteiger partial charge in [0.15, 0.2) is 15.0 Å². The molecule has 0 saturated carbocycles. The number of carbonyl (C=O) groups excluding carboxylic acids is 1. The lowest BCUT2D eigenvalue weighted by molar-refractivity contribution is -0.115. The molecule has 1 aromatic heterocycles. The Morgan fingerprint density at radius 2 is 2.09 bits per heavy atom. The van der Waals surface area contributed by atoms with Gasteiger partial charge in [0.05, 0.1) is 11.4 Å². The van der Waals surface area contributed by atoms with Gasteiger partial charge in [0.1, 0.15) is 11.1 Å². The molecule has 0 bridgehead atoms. The van der Waals surface area contributed by atoms with Crippen molar-refractivity contribution in [1.82, 2.24) is 4.98 Å². The number of halogens is 1. The van der Waals surface area contributed by atoms with Gasteiger partial charge in [-0.2, -0.15) is 0 Å². The lowest BCUT2D eigenvalue weighted by Crippen LogP contribution is -2.33. The maximum absolute atomic E-state index is 12.9. The molecular weight excluding hydrogens is 339 g/mol. The monoisotopic (exact) mass is 354 g/mol. The van der Waals surface area contributed by atoms with Gasteiger partial charge in [-0.25, -0.2) is 17.8 Å². The zero-order valence-electron chi connectivity index (χ0n) is 12.3. The second kappa shape index (κ2) is 7.01.